The maximum atomic E-state index is 13.8. The quantitative estimate of drug-likeness (QED) is 0.107. The number of benzene rings is 5. The molecular weight excluding hydrogens is 631 g/mol. The van der Waals surface area contributed by atoms with E-state index < -0.39 is 17.1 Å². The Morgan fingerprint density at radius 2 is 1.22 bits per heavy atom. The molecule has 7 nitrogen and oxygen atoms in total. The Labute approximate surface area is 289 Å². The van der Waals surface area contributed by atoms with Crippen LogP contribution in [0.2, 0.25) is 0 Å². The summed E-state index contributed by atoms with van der Waals surface area (Å²) < 4.78 is 5.99. The van der Waals surface area contributed by atoms with Gasteiger partial charge < -0.3 is 15.1 Å². The third-order valence-electron chi connectivity index (χ3n) is 7.52. The molecular formula is C41H33N3O4S. The number of carbonyl (C=O) groups is 3. The first-order chi connectivity index (χ1) is 23.9. The van der Waals surface area contributed by atoms with E-state index in [1.807, 2.05) is 122 Å². The van der Waals surface area contributed by atoms with Crippen molar-refractivity contribution >= 4 is 52.6 Å². The van der Waals surface area contributed by atoms with Gasteiger partial charge >= 0.3 is 0 Å². The van der Waals surface area contributed by atoms with Crippen molar-refractivity contribution in [2.24, 2.45) is 0 Å². The topological polar surface area (TPSA) is 91.6 Å². The van der Waals surface area contributed by atoms with Gasteiger partial charge in [-0.05, 0) is 79.7 Å². The van der Waals surface area contributed by atoms with Crippen molar-refractivity contribution in [3.63, 3.8) is 0 Å². The summed E-state index contributed by atoms with van der Waals surface area (Å²) in [4.78, 5) is 43.0. The second-order valence-corrected chi connectivity index (χ2v) is 12.4. The lowest BCUT2D eigenvalue weighted by molar-refractivity contribution is -0.117. The van der Waals surface area contributed by atoms with Crippen LogP contribution >= 0.6 is 11.8 Å². The number of furan rings is 1. The minimum Gasteiger partial charge on any atom is -0.457 e. The Morgan fingerprint density at radius 3 is 1.82 bits per heavy atom. The van der Waals surface area contributed by atoms with Crippen molar-refractivity contribution in [3.05, 3.63) is 175 Å². The average molecular weight is 664 g/mol. The molecule has 0 spiro atoms. The molecule has 0 saturated carbocycles. The smallest absolute Gasteiger partial charge is 0.272 e. The summed E-state index contributed by atoms with van der Waals surface area (Å²) in [6.45, 7) is 1.88. The molecule has 0 saturated heterocycles. The summed E-state index contributed by atoms with van der Waals surface area (Å²) in [5.74, 6) is 0.0341. The summed E-state index contributed by atoms with van der Waals surface area (Å²) in [7, 11) is 0. The van der Waals surface area contributed by atoms with Crippen molar-refractivity contribution in [2.75, 3.05) is 10.2 Å². The Morgan fingerprint density at radius 1 is 0.673 bits per heavy atom. The van der Waals surface area contributed by atoms with Crippen molar-refractivity contribution in [3.8, 4) is 11.3 Å². The van der Waals surface area contributed by atoms with Crippen molar-refractivity contribution < 1.29 is 18.8 Å². The van der Waals surface area contributed by atoms with Gasteiger partial charge in [0.1, 0.15) is 17.2 Å². The molecule has 8 heteroatoms. The van der Waals surface area contributed by atoms with Gasteiger partial charge in [-0.1, -0.05) is 84.9 Å². The maximum Gasteiger partial charge on any atom is 0.272 e. The maximum absolute atomic E-state index is 13.8. The molecule has 0 aliphatic rings. The summed E-state index contributed by atoms with van der Waals surface area (Å²) >= 11 is 1.43. The third-order valence-corrected chi connectivity index (χ3v) is 8.62. The fourth-order valence-electron chi connectivity index (χ4n) is 5.08. The molecule has 0 aliphatic heterocycles. The highest BCUT2D eigenvalue weighted by Crippen LogP contribution is 2.32. The lowest BCUT2D eigenvalue weighted by Gasteiger charge is -2.26. The van der Waals surface area contributed by atoms with E-state index in [1.165, 1.54) is 17.8 Å². The van der Waals surface area contributed by atoms with Crippen LogP contribution < -0.4 is 15.5 Å². The van der Waals surface area contributed by atoms with Crippen molar-refractivity contribution in [1.29, 1.82) is 0 Å². The van der Waals surface area contributed by atoms with E-state index in [0.29, 0.717) is 22.8 Å². The Hall–Kier alpha value is -6.12. The van der Waals surface area contributed by atoms with Gasteiger partial charge in [-0.15, -0.1) is 11.8 Å². The average Bonchev–Trinajstić information content (AvgIpc) is 3.62. The van der Waals surface area contributed by atoms with Crippen LogP contribution in [0.25, 0.3) is 17.4 Å². The van der Waals surface area contributed by atoms with Crippen LogP contribution in [0.1, 0.15) is 23.0 Å². The number of para-hydroxylation sites is 2. The molecule has 0 aliphatic carbocycles. The van der Waals surface area contributed by atoms with Gasteiger partial charge in [-0.25, -0.2) is 0 Å². The third kappa shape index (κ3) is 8.43. The molecule has 1 heterocycles. The second kappa shape index (κ2) is 15.6. The van der Waals surface area contributed by atoms with Crippen LogP contribution in [-0.2, 0) is 9.59 Å². The molecule has 6 rings (SSSR count). The van der Waals surface area contributed by atoms with Crippen LogP contribution in [-0.4, -0.2) is 23.0 Å². The molecule has 0 fully saturated rings. The van der Waals surface area contributed by atoms with E-state index >= 15 is 0 Å². The standard InChI is InChI=1S/C41H33N3O4S/c1-29(41(47)44(33-18-10-4-11-19-33)34-20-12-5-13-21-34)49-36-25-22-32(23-26-36)42-40(46)37(43-39(45)31-16-8-3-9-17-31)28-35-24-27-38(48-35)30-14-6-2-7-15-30/h2-29H,1H3,(H,42,46)(H,43,45)/b37-28-/t29-/m0/s1. The molecule has 242 valence electrons. The number of carbonyl (C=O) groups excluding carboxylic acids is 3. The van der Waals surface area contributed by atoms with Gasteiger partial charge in [0.15, 0.2) is 0 Å². The van der Waals surface area contributed by atoms with Gasteiger partial charge in [-0.2, -0.15) is 0 Å². The Balaban J connectivity index is 1.17. The number of hydrogen-bond donors (Lipinski definition) is 2. The minimum absolute atomic E-state index is 0.0161. The zero-order valence-corrected chi connectivity index (χ0v) is 27.5. The number of hydrogen-bond acceptors (Lipinski definition) is 5. The highest BCUT2D eigenvalue weighted by Gasteiger charge is 2.24. The summed E-state index contributed by atoms with van der Waals surface area (Å²) in [5, 5.41) is 5.21. The molecule has 6 aromatic rings. The number of rotatable bonds is 11. The highest BCUT2D eigenvalue weighted by molar-refractivity contribution is 8.00. The minimum atomic E-state index is -0.521. The summed E-state index contributed by atoms with van der Waals surface area (Å²) in [6, 6.07) is 48.2. The van der Waals surface area contributed by atoms with Crippen molar-refractivity contribution in [1.82, 2.24) is 5.32 Å². The van der Waals surface area contributed by atoms with Gasteiger partial charge in [0.05, 0.1) is 5.25 Å². The van der Waals surface area contributed by atoms with E-state index in [4.69, 9.17) is 4.42 Å². The highest BCUT2D eigenvalue weighted by atomic mass is 32.2. The molecule has 0 bridgehead atoms. The molecule has 2 N–H and O–H groups in total. The van der Waals surface area contributed by atoms with Crippen LogP contribution in [0.5, 0.6) is 0 Å². The molecule has 5 aromatic carbocycles. The van der Waals surface area contributed by atoms with E-state index in [-0.39, 0.29) is 11.6 Å². The van der Waals surface area contributed by atoms with Gasteiger partial charge in [0.2, 0.25) is 5.91 Å². The van der Waals surface area contributed by atoms with E-state index in [9.17, 15) is 14.4 Å². The molecule has 0 radical (unpaired) electrons. The Bertz CT molecular complexity index is 2010. The number of nitrogens with zero attached hydrogens (tertiary/aromatic N) is 1. The monoisotopic (exact) mass is 663 g/mol. The SMILES string of the molecule is C[C@H](Sc1ccc(NC(=O)/C(=C/c2ccc(-c3ccccc3)o2)NC(=O)c2ccccc2)cc1)C(=O)N(c1ccccc1)c1ccccc1. The number of amides is 3. The Kier molecular flexibility index (Phi) is 10.5. The van der Waals surface area contributed by atoms with E-state index in [0.717, 1.165) is 21.8 Å². The lowest BCUT2D eigenvalue weighted by atomic mass is 10.2. The van der Waals surface area contributed by atoms with Crippen molar-refractivity contribution in [2.45, 2.75) is 17.1 Å². The molecule has 0 unspecified atom stereocenters. The first-order valence-corrected chi connectivity index (χ1v) is 16.6. The molecule has 49 heavy (non-hydrogen) atoms. The fraction of sp³-hybridized carbons (Fsp3) is 0.0488. The first kappa shape index (κ1) is 32.8. The second-order valence-electron chi connectivity index (χ2n) is 11.0. The first-order valence-electron chi connectivity index (χ1n) is 15.7. The lowest BCUT2D eigenvalue weighted by Crippen LogP contribution is -2.32. The molecule has 1 aromatic heterocycles. The van der Waals surface area contributed by atoms with Crippen LogP contribution in [0.3, 0.4) is 0 Å². The normalized spacial score (nSPS) is 11.7. The fourth-order valence-corrected chi connectivity index (χ4v) is 5.99. The van der Waals surface area contributed by atoms with E-state index in [2.05, 4.69) is 10.6 Å². The molecule has 3 amide bonds. The zero-order valence-electron chi connectivity index (χ0n) is 26.7. The largest absolute Gasteiger partial charge is 0.457 e. The van der Waals surface area contributed by atoms with Crippen LogP contribution in [0.4, 0.5) is 17.1 Å². The molecule has 1 atom stereocenters. The van der Waals surface area contributed by atoms with Gasteiger partial charge in [-0.3, -0.25) is 19.3 Å². The number of anilines is 3. The number of nitrogens with one attached hydrogen (secondary N) is 2. The van der Waals surface area contributed by atoms with Gasteiger partial charge in [0, 0.05) is 39.2 Å². The summed E-state index contributed by atoms with van der Waals surface area (Å²) in [5.41, 5.74) is 3.42. The number of thioether (sulfide) groups is 1. The summed E-state index contributed by atoms with van der Waals surface area (Å²) in [6.07, 6.45) is 1.51. The predicted molar refractivity (Wildman–Crippen MR) is 196 cm³/mol. The van der Waals surface area contributed by atoms with Crippen LogP contribution in [0, 0.1) is 0 Å². The van der Waals surface area contributed by atoms with Crippen LogP contribution in [0.15, 0.2) is 173 Å². The van der Waals surface area contributed by atoms with Gasteiger partial charge in [0.25, 0.3) is 11.8 Å². The van der Waals surface area contributed by atoms with E-state index in [1.54, 1.807) is 47.4 Å². The zero-order chi connectivity index (χ0) is 34.0. The predicted octanol–water partition coefficient (Wildman–Crippen LogP) is 9.20.